The minimum absolute atomic E-state index is 0.0374. The maximum Gasteiger partial charge on any atom is 0.434 e. The number of amides is 1. The van der Waals surface area contributed by atoms with Crippen molar-refractivity contribution in [3.8, 4) is 0 Å². The maximum absolute atomic E-state index is 13.7. The van der Waals surface area contributed by atoms with E-state index >= 15 is 0 Å². The number of halogens is 9. The number of ether oxygens (including phenoxy) is 1. The Balaban J connectivity index is 1.36. The lowest BCUT2D eigenvalue weighted by molar-refractivity contribution is -0.308. The van der Waals surface area contributed by atoms with Crippen molar-refractivity contribution in [3.05, 3.63) is 29.3 Å². The summed E-state index contributed by atoms with van der Waals surface area (Å²) >= 11 is 0. The van der Waals surface area contributed by atoms with Crippen LogP contribution in [0.4, 0.5) is 50.0 Å². The van der Waals surface area contributed by atoms with E-state index in [1.54, 1.807) is 4.90 Å². The Labute approximate surface area is 230 Å². The lowest BCUT2D eigenvalue weighted by Crippen LogP contribution is -2.48. The van der Waals surface area contributed by atoms with Crippen molar-refractivity contribution >= 4 is 18.1 Å². The molecule has 3 heterocycles. The number of likely N-dealkylation sites (tertiary alicyclic amines) is 2. The summed E-state index contributed by atoms with van der Waals surface area (Å²) in [5.41, 5.74) is -0.521. The Hall–Kier alpha value is -2.71. The monoisotopic (exact) mass is 603 g/mol. The number of rotatable bonds is 5. The summed E-state index contributed by atoms with van der Waals surface area (Å²) in [4.78, 5) is 27.8. The maximum atomic E-state index is 13.7. The second-order valence-corrected chi connectivity index (χ2v) is 11.1. The van der Waals surface area contributed by atoms with Gasteiger partial charge in [0, 0.05) is 44.3 Å². The molecule has 15 heteroatoms. The average molecular weight is 604 g/mol. The van der Waals surface area contributed by atoms with Crippen LogP contribution >= 0.6 is 0 Å². The van der Waals surface area contributed by atoms with Gasteiger partial charge in [0.15, 0.2) is 0 Å². The van der Waals surface area contributed by atoms with Crippen LogP contribution in [0.25, 0.3) is 0 Å². The van der Waals surface area contributed by atoms with Crippen LogP contribution < -0.4 is 4.90 Å². The first kappa shape index (κ1) is 31.2. The summed E-state index contributed by atoms with van der Waals surface area (Å²) in [6, 6.07) is 3.98. The highest BCUT2D eigenvalue weighted by Crippen LogP contribution is 2.43. The highest BCUT2D eigenvalue weighted by molar-refractivity contribution is 5.68. The number of benzene rings is 1. The first-order valence-electron chi connectivity index (χ1n) is 13.2. The molecule has 4 rings (SSSR count). The van der Waals surface area contributed by atoms with E-state index in [0.29, 0.717) is 70.4 Å². The summed E-state index contributed by atoms with van der Waals surface area (Å²) < 4.78 is 122. The van der Waals surface area contributed by atoms with E-state index in [1.165, 1.54) is 12.1 Å². The van der Waals surface area contributed by atoms with Gasteiger partial charge < -0.3 is 19.3 Å². The number of hydrogen-bond donors (Lipinski definition) is 0. The normalized spacial score (nSPS) is 21.1. The van der Waals surface area contributed by atoms with Crippen molar-refractivity contribution in [2.45, 2.75) is 63.3 Å². The van der Waals surface area contributed by atoms with Gasteiger partial charge in [0.25, 0.3) is 6.10 Å². The predicted molar refractivity (Wildman–Crippen MR) is 128 cm³/mol. The summed E-state index contributed by atoms with van der Waals surface area (Å²) in [5.74, 6) is -0.173. The fourth-order valence-electron chi connectivity index (χ4n) is 5.89. The highest BCUT2D eigenvalue weighted by atomic mass is 19.4. The van der Waals surface area contributed by atoms with Crippen LogP contribution in [0.5, 0.6) is 0 Å². The molecular formula is C26H30F9N3O3. The second-order valence-electron chi connectivity index (χ2n) is 11.1. The minimum Gasteiger partial charge on any atom is -0.426 e. The Kier molecular flexibility index (Phi) is 8.78. The van der Waals surface area contributed by atoms with Crippen LogP contribution in [0.15, 0.2) is 18.2 Å². The quantitative estimate of drug-likeness (QED) is 0.304. The van der Waals surface area contributed by atoms with Gasteiger partial charge in [0.1, 0.15) is 6.29 Å². The molecule has 0 bridgehead atoms. The van der Waals surface area contributed by atoms with E-state index in [0.717, 1.165) is 17.3 Å². The SMILES string of the molecule is O=CC1CCN(c2cc(CN3CCC4(CC3)CCN(C(=O)OC(C(F)(F)F)C(F)(F)F)C4)ccc2C(F)(F)F)CC1. The summed E-state index contributed by atoms with van der Waals surface area (Å²) in [7, 11) is 0. The number of piperidine rings is 2. The van der Waals surface area contributed by atoms with Crippen molar-refractivity contribution in [2.24, 2.45) is 11.3 Å². The second kappa shape index (κ2) is 11.5. The third kappa shape index (κ3) is 7.39. The van der Waals surface area contributed by atoms with Gasteiger partial charge in [-0.1, -0.05) is 6.07 Å². The number of hydrogen-bond acceptors (Lipinski definition) is 5. The van der Waals surface area contributed by atoms with Gasteiger partial charge in [-0.05, 0) is 68.3 Å². The fraction of sp³-hybridized carbons (Fsp3) is 0.692. The van der Waals surface area contributed by atoms with E-state index < -0.39 is 41.7 Å². The first-order chi connectivity index (χ1) is 19.0. The standard InChI is InChI=1S/C26H30F9N3O3/c27-24(28,29)19-2-1-18(13-20(19)37-8-3-17(15-39)4-9-37)14-36-10-5-23(6-11-36)7-12-38(16-23)22(40)41-21(25(30,31)32)26(33,34)35/h1-2,13,15,17,21H,3-12,14,16H2. The molecule has 0 unspecified atom stereocenters. The molecule has 3 fully saturated rings. The largest absolute Gasteiger partial charge is 0.434 e. The van der Waals surface area contributed by atoms with Crippen LogP contribution in [0.1, 0.15) is 43.2 Å². The first-order valence-corrected chi connectivity index (χ1v) is 13.2. The third-order valence-electron chi connectivity index (χ3n) is 8.27. The van der Waals surface area contributed by atoms with Crippen molar-refractivity contribution in [2.75, 3.05) is 44.2 Å². The van der Waals surface area contributed by atoms with Crippen LogP contribution in [-0.2, 0) is 22.3 Å². The molecule has 3 saturated heterocycles. The molecule has 6 nitrogen and oxygen atoms in total. The van der Waals surface area contributed by atoms with Crippen LogP contribution in [0.3, 0.4) is 0 Å². The van der Waals surface area contributed by atoms with Gasteiger partial charge in [-0.2, -0.15) is 39.5 Å². The van der Waals surface area contributed by atoms with Gasteiger partial charge in [0.05, 0.1) is 5.56 Å². The Morgan fingerprint density at radius 1 is 0.927 bits per heavy atom. The molecule has 0 radical (unpaired) electrons. The van der Waals surface area contributed by atoms with Crippen molar-refractivity contribution in [1.82, 2.24) is 9.80 Å². The third-order valence-corrected chi connectivity index (χ3v) is 8.27. The molecule has 3 aliphatic heterocycles. The zero-order chi connectivity index (χ0) is 30.2. The minimum atomic E-state index is -5.79. The van der Waals surface area contributed by atoms with Gasteiger partial charge in [-0.3, -0.25) is 4.90 Å². The topological polar surface area (TPSA) is 53.1 Å². The van der Waals surface area contributed by atoms with Crippen LogP contribution in [-0.4, -0.2) is 79.9 Å². The molecule has 1 aromatic carbocycles. The molecule has 0 atom stereocenters. The summed E-state index contributed by atoms with van der Waals surface area (Å²) in [6.45, 7) is 1.89. The Bertz CT molecular complexity index is 1080. The number of carbonyl (C=O) groups is 2. The smallest absolute Gasteiger partial charge is 0.426 e. The molecule has 3 aliphatic rings. The molecule has 41 heavy (non-hydrogen) atoms. The van der Waals surface area contributed by atoms with E-state index in [9.17, 15) is 49.1 Å². The summed E-state index contributed by atoms with van der Waals surface area (Å²) in [5, 5.41) is 0. The molecule has 0 aromatic heterocycles. The number of aldehydes is 1. The number of carbonyl (C=O) groups excluding carboxylic acids is 2. The van der Waals surface area contributed by atoms with Gasteiger partial charge in [0.2, 0.25) is 0 Å². The zero-order valence-corrected chi connectivity index (χ0v) is 21.9. The van der Waals surface area contributed by atoms with E-state index in [2.05, 4.69) is 4.74 Å². The average Bonchev–Trinajstić information content (AvgIpc) is 3.30. The molecule has 1 amide bonds. The molecule has 0 aliphatic carbocycles. The number of alkyl halides is 9. The molecule has 0 N–H and O–H groups in total. The Morgan fingerprint density at radius 2 is 1.51 bits per heavy atom. The zero-order valence-electron chi connectivity index (χ0n) is 21.9. The van der Waals surface area contributed by atoms with Crippen LogP contribution in [0.2, 0.25) is 0 Å². The highest BCUT2D eigenvalue weighted by Gasteiger charge is 2.60. The molecule has 1 aromatic rings. The van der Waals surface area contributed by atoms with E-state index in [1.807, 2.05) is 4.90 Å². The van der Waals surface area contributed by atoms with Gasteiger partial charge in [-0.25, -0.2) is 4.79 Å². The fourth-order valence-corrected chi connectivity index (χ4v) is 5.89. The number of nitrogens with zero attached hydrogens (tertiary/aromatic N) is 3. The van der Waals surface area contributed by atoms with Crippen molar-refractivity contribution < 1.29 is 53.8 Å². The van der Waals surface area contributed by atoms with E-state index in [4.69, 9.17) is 0 Å². The lowest BCUT2D eigenvalue weighted by Gasteiger charge is -2.39. The molecular weight excluding hydrogens is 573 g/mol. The van der Waals surface area contributed by atoms with Crippen molar-refractivity contribution in [1.29, 1.82) is 0 Å². The predicted octanol–water partition coefficient (Wildman–Crippen LogP) is 6.04. The van der Waals surface area contributed by atoms with Gasteiger partial charge >= 0.3 is 24.6 Å². The molecule has 1 spiro atoms. The summed E-state index contributed by atoms with van der Waals surface area (Å²) in [6.07, 6.45) is -18.8. The number of anilines is 1. The molecule has 230 valence electrons. The Morgan fingerprint density at radius 3 is 2.05 bits per heavy atom. The van der Waals surface area contributed by atoms with Crippen LogP contribution in [0, 0.1) is 11.3 Å². The lowest BCUT2D eigenvalue weighted by atomic mass is 9.77. The van der Waals surface area contributed by atoms with E-state index in [-0.39, 0.29) is 24.7 Å². The van der Waals surface area contributed by atoms with Gasteiger partial charge in [-0.15, -0.1) is 0 Å². The molecule has 0 saturated carbocycles. The van der Waals surface area contributed by atoms with Crippen molar-refractivity contribution in [3.63, 3.8) is 0 Å².